The summed E-state index contributed by atoms with van der Waals surface area (Å²) in [5.74, 6) is -1.20. The highest BCUT2D eigenvalue weighted by molar-refractivity contribution is 5.82. The van der Waals surface area contributed by atoms with E-state index in [1.165, 1.54) is 0 Å². The van der Waals surface area contributed by atoms with Crippen molar-refractivity contribution in [3.05, 3.63) is 0 Å². The molecule has 0 saturated heterocycles. The number of methoxy groups -OCH3 is 1. The Morgan fingerprint density at radius 1 is 1.21 bits per heavy atom. The molecule has 19 heavy (non-hydrogen) atoms. The quantitative estimate of drug-likeness (QED) is 0.754. The number of alkyl carbamates (subject to hydrolysis) is 1. The summed E-state index contributed by atoms with van der Waals surface area (Å²) in [7, 11) is 0.952. The Kier molecular flexibility index (Phi) is 5.67. The van der Waals surface area contributed by atoms with Gasteiger partial charge in [0.2, 0.25) is 0 Å². The van der Waals surface area contributed by atoms with Crippen molar-refractivity contribution in [2.45, 2.75) is 51.4 Å². The van der Waals surface area contributed by atoms with Crippen molar-refractivity contribution in [2.75, 3.05) is 7.11 Å². The van der Waals surface area contributed by atoms with E-state index in [4.69, 9.17) is 4.74 Å². The van der Waals surface area contributed by atoms with Gasteiger partial charge in [0.25, 0.3) is 6.43 Å². The van der Waals surface area contributed by atoms with Crippen molar-refractivity contribution in [1.29, 1.82) is 0 Å². The fourth-order valence-electron chi connectivity index (χ4n) is 1.11. The highest BCUT2D eigenvalue weighted by Gasteiger charge is 2.47. The number of carbonyl (C=O) groups excluding carboxylic acids is 2. The molecule has 6 nitrogen and oxygen atoms in total. The van der Waals surface area contributed by atoms with Crippen molar-refractivity contribution in [1.82, 2.24) is 5.32 Å². The summed E-state index contributed by atoms with van der Waals surface area (Å²) in [6.45, 7) is 5.40. The molecule has 0 radical (unpaired) electrons. The lowest BCUT2D eigenvalue weighted by molar-refractivity contribution is -0.161. The number of hydrogen-bond acceptors (Lipinski definition) is 5. The molecule has 0 saturated carbocycles. The first kappa shape index (κ1) is 17.6. The fraction of sp³-hybridized carbons (Fsp3) is 0.818. The van der Waals surface area contributed by atoms with Crippen LogP contribution in [0.4, 0.5) is 13.6 Å². The maximum atomic E-state index is 12.7. The van der Waals surface area contributed by atoms with Crippen LogP contribution < -0.4 is 5.32 Å². The zero-order valence-corrected chi connectivity index (χ0v) is 11.5. The summed E-state index contributed by atoms with van der Waals surface area (Å²) >= 11 is 0. The number of halogens is 2. The van der Waals surface area contributed by atoms with Gasteiger partial charge in [-0.1, -0.05) is 0 Å². The zero-order chi connectivity index (χ0) is 15.4. The van der Waals surface area contributed by atoms with Crippen molar-refractivity contribution < 1.29 is 33.0 Å². The zero-order valence-electron chi connectivity index (χ0n) is 11.5. The van der Waals surface area contributed by atoms with E-state index >= 15 is 0 Å². The molecule has 1 amide bonds. The second kappa shape index (κ2) is 6.14. The smallest absolute Gasteiger partial charge is 0.408 e. The largest absolute Gasteiger partial charge is 0.467 e. The van der Waals surface area contributed by atoms with Crippen LogP contribution in [-0.4, -0.2) is 47.9 Å². The van der Waals surface area contributed by atoms with Gasteiger partial charge in [-0.3, -0.25) is 0 Å². The van der Waals surface area contributed by atoms with Gasteiger partial charge in [-0.15, -0.1) is 0 Å². The Hall–Kier alpha value is -1.44. The van der Waals surface area contributed by atoms with Crippen LogP contribution in [0.15, 0.2) is 0 Å². The molecule has 2 N–H and O–H groups in total. The van der Waals surface area contributed by atoms with Gasteiger partial charge >= 0.3 is 12.1 Å². The molecule has 0 aliphatic carbocycles. The van der Waals surface area contributed by atoms with Gasteiger partial charge in [0, 0.05) is 0 Å². The lowest BCUT2D eigenvalue weighted by atomic mass is 9.97. The van der Waals surface area contributed by atoms with E-state index < -0.39 is 35.7 Å². The second-order valence-electron chi connectivity index (χ2n) is 5.13. The average Bonchev–Trinajstić information content (AvgIpc) is 2.21. The van der Waals surface area contributed by atoms with Crippen molar-refractivity contribution in [3.63, 3.8) is 0 Å². The summed E-state index contributed by atoms with van der Waals surface area (Å²) in [6, 6.07) is -1.94. The average molecular weight is 283 g/mol. The predicted octanol–water partition coefficient (Wildman–Crippen LogP) is 1.07. The van der Waals surface area contributed by atoms with Crippen molar-refractivity contribution in [2.24, 2.45) is 0 Å². The van der Waals surface area contributed by atoms with Crippen LogP contribution in [0.1, 0.15) is 27.7 Å². The second-order valence-corrected chi connectivity index (χ2v) is 5.13. The van der Waals surface area contributed by atoms with Crippen LogP contribution in [0.25, 0.3) is 0 Å². The minimum absolute atomic E-state index is 0.719. The molecular weight excluding hydrogens is 264 g/mol. The predicted molar refractivity (Wildman–Crippen MR) is 61.8 cm³/mol. The van der Waals surface area contributed by atoms with E-state index in [0.29, 0.717) is 0 Å². The van der Waals surface area contributed by atoms with Gasteiger partial charge in [0.15, 0.2) is 11.6 Å². The Morgan fingerprint density at radius 2 is 1.68 bits per heavy atom. The van der Waals surface area contributed by atoms with Crippen LogP contribution in [-0.2, 0) is 14.3 Å². The van der Waals surface area contributed by atoms with Crippen molar-refractivity contribution in [3.8, 4) is 0 Å². The number of esters is 1. The molecule has 0 unspecified atom stereocenters. The number of amides is 1. The Labute approximate surface area is 110 Å². The highest BCUT2D eigenvalue weighted by atomic mass is 19.3. The summed E-state index contributed by atoms with van der Waals surface area (Å²) < 4.78 is 34.5. The molecule has 0 aromatic carbocycles. The molecule has 0 bridgehead atoms. The molecule has 0 aromatic heterocycles. The number of alkyl halides is 2. The van der Waals surface area contributed by atoms with Gasteiger partial charge in [0.05, 0.1) is 7.11 Å². The number of rotatable bonds is 4. The van der Waals surface area contributed by atoms with Gasteiger partial charge in [-0.25, -0.2) is 18.4 Å². The lowest BCUT2D eigenvalue weighted by Crippen LogP contribution is -2.60. The first-order valence-corrected chi connectivity index (χ1v) is 5.49. The molecule has 8 heteroatoms. The number of hydrogen-bond donors (Lipinski definition) is 2. The van der Waals surface area contributed by atoms with Gasteiger partial charge in [-0.05, 0) is 27.7 Å². The molecule has 112 valence electrons. The van der Waals surface area contributed by atoms with Crippen molar-refractivity contribution >= 4 is 12.1 Å². The molecule has 0 rings (SSSR count). The minimum Gasteiger partial charge on any atom is -0.467 e. The van der Waals surface area contributed by atoms with E-state index in [2.05, 4.69) is 4.74 Å². The maximum Gasteiger partial charge on any atom is 0.408 e. The summed E-state index contributed by atoms with van der Waals surface area (Å²) in [5.41, 5.74) is -3.65. The molecular formula is C11H19F2NO5. The van der Waals surface area contributed by atoms with Gasteiger partial charge in [-0.2, -0.15) is 0 Å². The lowest BCUT2D eigenvalue weighted by Gasteiger charge is -2.31. The molecule has 2 atom stereocenters. The highest BCUT2D eigenvalue weighted by Crippen LogP contribution is 2.21. The minimum atomic E-state index is -3.26. The summed E-state index contributed by atoms with van der Waals surface area (Å²) in [4.78, 5) is 22.8. The maximum absolute atomic E-state index is 12.7. The van der Waals surface area contributed by atoms with Crippen LogP contribution in [0.5, 0.6) is 0 Å². The van der Waals surface area contributed by atoms with E-state index in [1.54, 1.807) is 20.8 Å². The number of carbonyl (C=O) groups is 2. The third-order valence-corrected chi connectivity index (χ3v) is 2.12. The van der Waals surface area contributed by atoms with E-state index in [0.717, 1.165) is 14.0 Å². The molecule has 0 spiro atoms. The van der Waals surface area contributed by atoms with E-state index in [9.17, 15) is 23.5 Å². The Morgan fingerprint density at radius 3 is 2.00 bits per heavy atom. The molecule has 0 heterocycles. The first-order valence-electron chi connectivity index (χ1n) is 5.49. The number of ether oxygens (including phenoxy) is 2. The standard InChI is InChI=1S/C11H19F2NO5/c1-10(2,3)19-9(16)14-6(7(15)18-5)11(4,17)8(12)13/h6,8,17H,1-5H3,(H,14,16)/t6-,11+/m1/s1. The van der Waals surface area contributed by atoms with Crippen LogP contribution >= 0.6 is 0 Å². The monoisotopic (exact) mass is 283 g/mol. The summed E-state index contributed by atoms with van der Waals surface area (Å²) in [6.07, 6.45) is -4.37. The fourth-order valence-corrected chi connectivity index (χ4v) is 1.11. The normalized spacial score (nSPS) is 16.5. The Balaban J connectivity index is 5.00. The van der Waals surface area contributed by atoms with Crippen LogP contribution in [0, 0.1) is 0 Å². The molecule has 0 aliphatic heterocycles. The van der Waals surface area contributed by atoms with E-state index in [1.807, 2.05) is 5.32 Å². The molecule has 0 aliphatic rings. The third-order valence-electron chi connectivity index (χ3n) is 2.12. The Bertz CT molecular complexity index is 338. The SMILES string of the molecule is COC(=O)[C@@H](NC(=O)OC(C)(C)C)[C@](C)(O)C(F)F. The third kappa shape index (κ3) is 5.37. The van der Waals surface area contributed by atoms with Gasteiger partial charge in [0.1, 0.15) is 5.60 Å². The number of nitrogens with one attached hydrogen (secondary N) is 1. The topological polar surface area (TPSA) is 84.9 Å². The number of aliphatic hydroxyl groups is 1. The summed E-state index contributed by atoms with van der Waals surface area (Å²) in [5, 5.41) is 11.5. The van der Waals surface area contributed by atoms with Crippen LogP contribution in [0.2, 0.25) is 0 Å². The molecule has 0 aromatic rings. The van der Waals surface area contributed by atoms with Gasteiger partial charge < -0.3 is 19.9 Å². The molecule has 0 fully saturated rings. The van der Waals surface area contributed by atoms with Crippen LogP contribution in [0.3, 0.4) is 0 Å². The first-order chi connectivity index (χ1) is 8.41. The van der Waals surface area contributed by atoms with E-state index in [-0.39, 0.29) is 0 Å².